The highest BCUT2D eigenvalue weighted by Crippen LogP contribution is 2.19. The van der Waals surface area contributed by atoms with Gasteiger partial charge in [-0.05, 0) is 41.7 Å². The molecule has 5 N–H and O–H groups in total. The van der Waals surface area contributed by atoms with Gasteiger partial charge in [0.25, 0.3) is 0 Å². The number of benzene rings is 1. The van der Waals surface area contributed by atoms with Crippen molar-refractivity contribution in [3.05, 3.63) is 45.9 Å². The summed E-state index contributed by atoms with van der Waals surface area (Å²) in [6.45, 7) is 3.03. The number of nitrogens with one attached hydrogen (secondary N) is 1. The molecule has 1 aromatic carbocycles. The summed E-state index contributed by atoms with van der Waals surface area (Å²) in [5.41, 5.74) is 8.45. The molecule has 230 valence electrons. The van der Waals surface area contributed by atoms with Crippen molar-refractivity contribution in [1.82, 2.24) is 19.5 Å². The van der Waals surface area contributed by atoms with Crippen LogP contribution in [0.5, 0.6) is 6.01 Å². The summed E-state index contributed by atoms with van der Waals surface area (Å²) in [6.07, 6.45) is 3.71. The number of rotatable bonds is 22. The van der Waals surface area contributed by atoms with Gasteiger partial charge in [0.2, 0.25) is 0 Å². The van der Waals surface area contributed by atoms with Gasteiger partial charge in [-0.25, -0.2) is 4.79 Å². The third-order valence-corrected chi connectivity index (χ3v) is 6.58. The molecule has 3 rings (SSSR count). The first-order chi connectivity index (χ1) is 20.4. The minimum atomic E-state index is -0.878. The molecule has 0 aliphatic rings. The van der Waals surface area contributed by atoms with E-state index >= 15 is 0 Å². The summed E-state index contributed by atoms with van der Waals surface area (Å²) in [7, 11) is 0. The van der Waals surface area contributed by atoms with Gasteiger partial charge in [-0.2, -0.15) is 9.97 Å². The first-order valence-corrected chi connectivity index (χ1v) is 14.3. The summed E-state index contributed by atoms with van der Waals surface area (Å²) in [6, 6.07) is 8.08. The number of anilines is 1. The molecule has 42 heavy (non-hydrogen) atoms. The van der Waals surface area contributed by atoms with Gasteiger partial charge < -0.3 is 39.9 Å². The number of aryl methyl sites for hydroxylation is 1. The van der Waals surface area contributed by atoms with Crippen LogP contribution in [0.3, 0.4) is 0 Å². The SMILES string of the molecule is Nc1nc(OCCCO)nc2c1[nH]c(=O)n2Cc1ccc(CCC(=S)CCCOCCOCCOCCC(=O)O)cc1. The lowest BCUT2D eigenvalue weighted by Crippen LogP contribution is -2.18. The monoisotopic (exact) mass is 605 g/mol. The lowest BCUT2D eigenvalue weighted by Gasteiger charge is -2.08. The maximum atomic E-state index is 12.6. The lowest BCUT2D eigenvalue weighted by molar-refractivity contribution is -0.138. The van der Waals surface area contributed by atoms with Crippen molar-refractivity contribution in [3.8, 4) is 6.01 Å². The van der Waals surface area contributed by atoms with E-state index < -0.39 is 5.97 Å². The third-order valence-electron chi connectivity index (χ3n) is 6.17. The number of aliphatic hydroxyl groups excluding tert-OH is 1. The van der Waals surface area contributed by atoms with Crippen LogP contribution in [-0.4, -0.2) is 93.4 Å². The number of hydrogen-bond acceptors (Lipinski definition) is 11. The van der Waals surface area contributed by atoms with E-state index in [-0.39, 0.29) is 43.8 Å². The second-order valence-corrected chi connectivity index (χ2v) is 10.0. The number of nitrogens with zero attached hydrogens (tertiary/aromatic N) is 3. The summed E-state index contributed by atoms with van der Waals surface area (Å²) < 4.78 is 23.0. The molecule has 0 fully saturated rings. The summed E-state index contributed by atoms with van der Waals surface area (Å²) in [4.78, 5) is 35.1. The number of carboxylic acid groups (broad SMARTS) is 1. The van der Waals surface area contributed by atoms with Crippen molar-refractivity contribution in [3.63, 3.8) is 0 Å². The van der Waals surface area contributed by atoms with Gasteiger partial charge in [0.1, 0.15) is 5.52 Å². The number of imidazole rings is 1. The van der Waals surface area contributed by atoms with Gasteiger partial charge >= 0.3 is 17.7 Å². The smallest absolute Gasteiger partial charge is 0.328 e. The second-order valence-electron chi connectivity index (χ2n) is 9.47. The zero-order chi connectivity index (χ0) is 30.2. The van der Waals surface area contributed by atoms with Crippen molar-refractivity contribution in [2.45, 2.75) is 45.1 Å². The molecule has 13 nitrogen and oxygen atoms in total. The Balaban J connectivity index is 1.34. The molecule has 0 saturated heterocycles. The Morgan fingerprint density at radius 2 is 1.57 bits per heavy atom. The molecule has 0 radical (unpaired) electrons. The van der Waals surface area contributed by atoms with Gasteiger partial charge in [0, 0.05) is 19.6 Å². The molecular formula is C28H39N5O8S. The topological polar surface area (TPSA) is 184 Å². The van der Waals surface area contributed by atoms with E-state index in [2.05, 4.69) is 15.0 Å². The quantitative estimate of drug-likeness (QED) is 0.0968. The zero-order valence-corrected chi connectivity index (χ0v) is 24.4. The molecule has 0 bridgehead atoms. The van der Waals surface area contributed by atoms with E-state index in [1.54, 1.807) is 0 Å². The van der Waals surface area contributed by atoms with E-state index in [0.717, 1.165) is 41.7 Å². The number of fused-ring (bicyclic) bond motifs is 1. The van der Waals surface area contributed by atoms with Gasteiger partial charge in [0.15, 0.2) is 11.5 Å². The maximum absolute atomic E-state index is 12.6. The number of thiocarbonyl (C=S) groups is 1. The Morgan fingerprint density at radius 1 is 0.905 bits per heavy atom. The standard InChI is InChI=1S/C28H39N5O8S/c29-25-24-26(32-27(31-25)41-13-2-11-34)33(28(37)30-24)19-21-6-4-20(5-7-21)8-9-22(42)3-1-12-38-15-17-40-18-16-39-14-10-23(35)36/h4-7,34H,1-3,8-19H2,(H,30,37)(H,35,36)(H2,29,31,32). The predicted molar refractivity (Wildman–Crippen MR) is 160 cm³/mol. The minimum absolute atomic E-state index is 0.00774. The van der Waals surface area contributed by atoms with Crippen LogP contribution in [0.15, 0.2) is 29.1 Å². The number of aromatic amines is 1. The van der Waals surface area contributed by atoms with Crippen molar-refractivity contribution in [1.29, 1.82) is 0 Å². The van der Waals surface area contributed by atoms with E-state index in [4.69, 9.17) is 47.1 Å². The van der Waals surface area contributed by atoms with Gasteiger partial charge in [0.05, 0.1) is 52.6 Å². The first kappa shape index (κ1) is 33.1. The number of nitrogen functional groups attached to an aromatic ring is 1. The molecule has 0 unspecified atom stereocenters. The highest BCUT2D eigenvalue weighted by molar-refractivity contribution is 7.80. The van der Waals surface area contributed by atoms with E-state index in [1.807, 2.05) is 24.3 Å². The summed E-state index contributed by atoms with van der Waals surface area (Å²) >= 11 is 5.54. The largest absolute Gasteiger partial charge is 0.481 e. The number of aliphatic hydroxyl groups is 1. The normalized spacial score (nSPS) is 11.3. The van der Waals surface area contributed by atoms with Crippen LogP contribution in [-0.2, 0) is 32.0 Å². The Labute approximate surface area is 249 Å². The number of ether oxygens (including phenoxy) is 4. The molecule has 2 aromatic heterocycles. The van der Waals surface area contributed by atoms with Crippen molar-refractivity contribution < 1.29 is 34.0 Å². The molecule has 0 amide bonds. The molecule has 3 aromatic rings. The summed E-state index contributed by atoms with van der Waals surface area (Å²) in [5, 5.41) is 17.5. The number of H-pyrrole nitrogens is 1. The van der Waals surface area contributed by atoms with E-state index in [9.17, 15) is 9.59 Å². The molecule has 0 atom stereocenters. The fourth-order valence-corrected chi connectivity index (χ4v) is 4.19. The van der Waals surface area contributed by atoms with Crippen molar-refractivity contribution in [2.24, 2.45) is 0 Å². The summed E-state index contributed by atoms with van der Waals surface area (Å²) in [5.74, 6) is -0.757. The average molecular weight is 606 g/mol. The van der Waals surface area contributed by atoms with Crippen LogP contribution in [0.1, 0.15) is 43.2 Å². The Hall–Kier alpha value is -3.43. The average Bonchev–Trinajstić information content (AvgIpc) is 3.28. The first-order valence-electron chi connectivity index (χ1n) is 13.9. The molecule has 0 aliphatic heterocycles. The van der Waals surface area contributed by atoms with Gasteiger partial charge in [-0.1, -0.05) is 36.5 Å². The maximum Gasteiger partial charge on any atom is 0.328 e. The number of nitrogens with two attached hydrogens (primary N) is 1. The van der Waals surface area contributed by atoms with Gasteiger partial charge in [-0.3, -0.25) is 9.36 Å². The second kappa shape index (κ2) is 18.2. The Bertz CT molecular complexity index is 1330. The van der Waals surface area contributed by atoms with E-state index in [0.29, 0.717) is 57.2 Å². The lowest BCUT2D eigenvalue weighted by atomic mass is 10.0. The van der Waals surface area contributed by atoms with Crippen LogP contribution in [0.4, 0.5) is 5.82 Å². The highest BCUT2D eigenvalue weighted by Gasteiger charge is 2.15. The van der Waals surface area contributed by atoms with Crippen molar-refractivity contribution >= 4 is 40.0 Å². The molecule has 0 aliphatic carbocycles. The molecule has 0 saturated carbocycles. The number of aromatic nitrogens is 4. The fourth-order valence-electron chi connectivity index (χ4n) is 3.95. The van der Waals surface area contributed by atoms with Crippen LogP contribution in [0.25, 0.3) is 11.2 Å². The third kappa shape index (κ3) is 11.4. The number of hydrogen-bond donors (Lipinski definition) is 4. The van der Waals surface area contributed by atoms with E-state index in [1.165, 1.54) is 4.57 Å². The number of aliphatic carboxylic acids is 1. The zero-order valence-electron chi connectivity index (χ0n) is 23.6. The molecule has 2 heterocycles. The predicted octanol–water partition coefficient (Wildman–Crippen LogP) is 2.12. The molecular weight excluding hydrogens is 566 g/mol. The fraction of sp³-hybridized carbons (Fsp3) is 0.536. The van der Waals surface area contributed by atoms with Crippen LogP contribution < -0.4 is 16.2 Å². The van der Waals surface area contributed by atoms with Crippen LogP contribution in [0, 0.1) is 0 Å². The van der Waals surface area contributed by atoms with Crippen LogP contribution >= 0.6 is 12.2 Å². The number of carboxylic acids is 1. The van der Waals surface area contributed by atoms with Crippen LogP contribution in [0.2, 0.25) is 0 Å². The molecule has 14 heteroatoms. The minimum Gasteiger partial charge on any atom is -0.481 e. The van der Waals surface area contributed by atoms with Gasteiger partial charge in [-0.15, -0.1) is 0 Å². The Morgan fingerprint density at radius 3 is 2.26 bits per heavy atom. The van der Waals surface area contributed by atoms with Crippen molar-refractivity contribution in [2.75, 3.05) is 58.6 Å². The Kier molecular flexibility index (Phi) is 14.3. The highest BCUT2D eigenvalue weighted by atomic mass is 32.1. The molecule has 0 spiro atoms. The number of carbonyl (C=O) groups is 1.